The topological polar surface area (TPSA) is 18.5 Å². The summed E-state index contributed by atoms with van der Waals surface area (Å²) in [5.74, 6) is 0.875. The Morgan fingerprint density at radius 1 is 1.30 bits per heavy atom. The average Bonchev–Trinajstić information content (AvgIpc) is 2.90. The van der Waals surface area contributed by atoms with Crippen molar-refractivity contribution in [1.82, 2.24) is 15.1 Å². The monoisotopic (exact) mass is 281 g/mol. The van der Waals surface area contributed by atoms with Gasteiger partial charge in [-0.05, 0) is 64.2 Å². The third-order valence-electron chi connectivity index (χ3n) is 5.53. The van der Waals surface area contributed by atoms with E-state index in [2.05, 4.69) is 50.0 Å². The van der Waals surface area contributed by atoms with Gasteiger partial charge in [0.15, 0.2) is 0 Å². The van der Waals surface area contributed by atoms with Gasteiger partial charge in [-0.25, -0.2) is 0 Å². The van der Waals surface area contributed by atoms with Crippen LogP contribution in [0.1, 0.15) is 46.5 Å². The van der Waals surface area contributed by atoms with Crippen LogP contribution >= 0.6 is 0 Å². The Kier molecular flexibility index (Phi) is 5.49. The van der Waals surface area contributed by atoms with Crippen LogP contribution < -0.4 is 5.32 Å². The maximum Gasteiger partial charge on any atom is 0.0274 e. The summed E-state index contributed by atoms with van der Waals surface area (Å²) in [5, 5.41) is 3.83. The lowest BCUT2D eigenvalue weighted by Crippen LogP contribution is -2.51. The fraction of sp³-hybridized carbons (Fsp3) is 1.00. The maximum atomic E-state index is 3.83. The minimum Gasteiger partial charge on any atom is -0.312 e. The summed E-state index contributed by atoms with van der Waals surface area (Å²) in [7, 11) is 4.61. The van der Waals surface area contributed by atoms with Crippen molar-refractivity contribution in [2.75, 3.05) is 40.3 Å². The van der Waals surface area contributed by atoms with Gasteiger partial charge >= 0.3 is 0 Å². The van der Waals surface area contributed by atoms with Crippen molar-refractivity contribution in [3.63, 3.8) is 0 Å². The lowest BCUT2D eigenvalue weighted by molar-refractivity contribution is 0.153. The summed E-state index contributed by atoms with van der Waals surface area (Å²) in [5.41, 5.74) is 0.445. The van der Waals surface area contributed by atoms with E-state index < -0.39 is 0 Å². The quantitative estimate of drug-likeness (QED) is 0.807. The molecule has 3 heteroatoms. The summed E-state index contributed by atoms with van der Waals surface area (Å²) < 4.78 is 0. The van der Waals surface area contributed by atoms with E-state index in [1.165, 1.54) is 45.3 Å². The Morgan fingerprint density at radius 2 is 2.05 bits per heavy atom. The van der Waals surface area contributed by atoms with Crippen molar-refractivity contribution < 1.29 is 0 Å². The van der Waals surface area contributed by atoms with Crippen LogP contribution in [-0.2, 0) is 0 Å². The normalized spacial score (nSPS) is 34.2. The molecule has 2 aliphatic rings. The first kappa shape index (κ1) is 16.3. The Morgan fingerprint density at radius 3 is 2.65 bits per heavy atom. The third kappa shape index (κ3) is 3.75. The van der Waals surface area contributed by atoms with Gasteiger partial charge in [0.25, 0.3) is 0 Å². The highest BCUT2D eigenvalue weighted by atomic mass is 15.2. The molecule has 3 unspecified atom stereocenters. The number of likely N-dealkylation sites (tertiary alicyclic amines) is 1. The second kappa shape index (κ2) is 6.76. The first-order valence-corrected chi connectivity index (χ1v) is 8.56. The smallest absolute Gasteiger partial charge is 0.0274 e. The van der Waals surface area contributed by atoms with Crippen molar-refractivity contribution in [3.05, 3.63) is 0 Å². The zero-order chi connectivity index (χ0) is 14.8. The molecule has 20 heavy (non-hydrogen) atoms. The highest BCUT2D eigenvalue weighted by Crippen LogP contribution is 2.40. The Balaban J connectivity index is 1.91. The summed E-state index contributed by atoms with van der Waals surface area (Å²) in [6, 6.07) is 1.38. The fourth-order valence-electron chi connectivity index (χ4n) is 4.27. The second-order valence-corrected chi connectivity index (χ2v) is 7.88. The van der Waals surface area contributed by atoms with Crippen LogP contribution in [0.15, 0.2) is 0 Å². The second-order valence-electron chi connectivity index (χ2n) is 7.88. The molecule has 0 aromatic carbocycles. The minimum atomic E-state index is 0.445. The van der Waals surface area contributed by atoms with E-state index in [0.717, 1.165) is 18.5 Å². The molecule has 1 saturated heterocycles. The number of rotatable bonds is 6. The predicted octanol–water partition coefficient (Wildman–Crippen LogP) is 2.43. The van der Waals surface area contributed by atoms with Gasteiger partial charge in [-0.3, -0.25) is 0 Å². The van der Waals surface area contributed by atoms with Gasteiger partial charge in [0, 0.05) is 25.2 Å². The van der Waals surface area contributed by atoms with Gasteiger partial charge in [0.1, 0.15) is 0 Å². The largest absolute Gasteiger partial charge is 0.312 e. The maximum absolute atomic E-state index is 3.83. The van der Waals surface area contributed by atoms with Crippen molar-refractivity contribution in [3.8, 4) is 0 Å². The third-order valence-corrected chi connectivity index (χ3v) is 5.53. The molecule has 1 heterocycles. The van der Waals surface area contributed by atoms with Crippen LogP contribution in [0.25, 0.3) is 0 Å². The molecule has 0 amide bonds. The van der Waals surface area contributed by atoms with Crippen LogP contribution in [0.2, 0.25) is 0 Å². The highest BCUT2D eigenvalue weighted by molar-refractivity contribution is 5.00. The van der Waals surface area contributed by atoms with E-state index in [1.54, 1.807) is 0 Å². The number of nitrogens with zero attached hydrogens (tertiary/aromatic N) is 2. The van der Waals surface area contributed by atoms with Crippen LogP contribution in [0.5, 0.6) is 0 Å². The number of hydrogen-bond donors (Lipinski definition) is 1. The molecule has 1 aliphatic carbocycles. The molecule has 2 rings (SSSR count). The summed E-state index contributed by atoms with van der Waals surface area (Å²) in [6.45, 7) is 12.1. The van der Waals surface area contributed by atoms with Crippen LogP contribution in [0.4, 0.5) is 0 Å². The Labute approximate surface area is 126 Å². The number of likely N-dealkylation sites (N-methyl/N-ethyl adjacent to an activating group) is 1. The standard InChI is InChI=1S/C17H35N3/c1-6-10-18-16-15(7-9-17(16,2)3)20(5)13-14-8-11-19(4)12-14/h14-16,18H,6-13H2,1-5H3. The van der Waals surface area contributed by atoms with Crippen LogP contribution in [0, 0.1) is 11.3 Å². The highest BCUT2D eigenvalue weighted by Gasteiger charge is 2.43. The SMILES string of the molecule is CCCNC1C(N(C)CC2CCN(C)C2)CCC1(C)C. The van der Waals surface area contributed by atoms with E-state index in [-0.39, 0.29) is 0 Å². The molecule has 1 N–H and O–H groups in total. The molecule has 3 atom stereocenters. The van der Waals surface area contributed by atoms with Gasteiger partial charge in [0.05, 0.1) is 0 Å². The van der Waals surface area contributed by atoms with Gasteiger partial charge < -0.3 is 15.1 Å². The molecular weight excluding hydrogens is 246 g/mol. The minimum absolute atomic E-state index is 0.445. The first-order valence-electron chi connectivity index (χ1n) is 8.56. The van der Waals surface area contributed by atoms with E-state index in [1.807, 2.05) is 0 Å². The number of hydrogen-bond acceptors (Lipinski definition) is 3. The van der Waals surface area contributed by atoms with Gasteiger partial charge in [0.2, 0.25) is 0 Å². The molecule has 2 fully saturated rings. The predicted molar refractivity (Wildman–Crippen MR) is 87.1 cm³/mol. The molecule has 3 nitrogen and oxygen atoms in total. The van der Waals surface area contributed by atoms with Crippen LogP contribution in [-0.4, -0.2) is 62.2 Å². The number of nitrogens with one attached hydrogen (secondary N) is 1. The van der Waals surface area contributed by atoms with Crippen molar-refractivity contribution in [2.24, 2.45) is 11.3 Å². The van der Waals surface area contributed by atoms with Gasteiger partial charge in [-0.15, -0.1) is 0 Å². The molecule has 0 radical (unpaired) electrons. The Bertz CT molecular complexity index is 303. The summed E-state index contributed by atoms with van der Waals surface area (Å²) in [6.07, 6.45) is 5.32. The van der Waals surface area contributed by atoms with E-state index >= 15 is 0 Å². The molecule has 1 saturated carbocycles. The zero-order valence-corrected chi connectivity index (χ0v) is 14.3. The lowest BCUT2D eigenvalue weighted by Gasteiger charge is -2.37. The molecule has 0 spiro atoms. The van der Waals surface area contributed by atoms with E-state index in [9.17, 15) is 0 Å². The van der Waals surface area contributed by atoms with Crippen LogP contribution in [0.3, 0.4) is 0 Å². The summed E-state index contributed by atoms with van der Waals surface area (Å²) >= 11 is 0. The molecule has 0 bridgehead atoms. The molecule has 0 aromatic heterocycles. The molecule has 0 aromatic rings. The van der Waals surface area contributed by atoms with Gasteiger partial charge in [-0.1, -0.05) is 20.8 Å². The van der Waals surface area contributed by atoms with Crippen molar-refractivity contribution >= 4 is 0 Å². The summed E-state index contributed by atoms with van der Waals surface area (Å²) in [4.78, 5) is 5.13. The first-order chi connectivity index (χ1) is 9.44. The molecule has 118 valence electrons. The fourth-order valence-corrected chi connectivity index (χ4v) is 4.27. The van der Waals surface area contributed by atoms with Crippen molar-refractivity contribution in [1.29, 1.82) is 0 Å². The average molecular weight is 281 g/mol. The Hall–Kier alpha value is -0.120. The molecule has 1 aliphatic heterocycles. The van der Waals surface area contributed by atoms with Crippen molar-refractivity contribution in [2.45, 2.75) is 58.5 Å². The zero-order valence-electron chi connectivity index (χ0n) is 14.3. The molecular formula is C17H35N3. The van der Waals surface area contributed by atoms with Gasteiger partial charge in [-0.2, -0.15) is 0 Å². The lowest BCUT2D eigenvalue weighted by atomic mass is 9.86. The van der Waals surface area contributed by atoms with E-state index in [4.69, 9.17) is 0 Å². The van der Waals surface area contributed by atoms with E-state index in [0.29, 0.717) is 11.5 Å².